The molecular weight excluding hydrogens is 810 g/mol. The Bertz CT molecular complexity index is 3260. The van der Waals surface area contributed by atoms with Crippen LogP contribution in [0.3, 0.4) is 0 Å². The van der Waals surface area contributed by atoms with Gasteiger partial charge in [0.2, 0.25) is 0 Å². The maximum atomic E-state index is 14.5. The van der Waals surface area contributed by atoms with E-state index < -0.39 is 11.7 Å². The van der Waals surface area contributed by atoms with Crippen LogP contribution in [0.4, 0.5) is 13.2 Å². The van der Waals surface area contributed by atoms with Crippen LogP contribution in [0, 0.1) is 41.5 Å². The van der Waals surface area contributed by atoms with Gasteiger partial charge in [-0.2, -0.15) is 13.2 Å². The maximum Gasteiger partial charge on any atom is 0.416 e. The first-order chi connectivity index (χ1) is 31.3. The van der Waals surface area contributed by atoms with Crippen molar-refractivity contribution in [3.63, 3.8) is 0 Å². The van der Waals surface area contributed by atoms with Crippen LogP contribution in [-0.4, -0.2) is 19.5 Å². The molecule has 65 heavy (non-hydrogen) atoms. The van der Waals surface area contributed by atoms with E-state index in [9.17, 15) is 13.2 Å². The first kappa shape index (κ1) is 41.4. The van der Waals surface area contributed by atoms with Gasteiger partial charge in [-0.05, 0) is 140 Å². The Morgan fingerprint density at radius 1 is 0.385 bits per heavy atom. The maximum absolute atomic E-state index is 14.5. The summed E-state index contributed by atoms with van der Waals surface area (Å²) in [6.07, 6.45) is -4.56. The van der Waals surface area contributed by atoms with Crippen LogP contribution in [0.5, 0.6) is 0 Å². The van der Waals surface area contributed by atoms with Crippen LogP contribution in [0.1, 0.15) is 38.9 Å². The van der Waals surface area contributed by atoms with E-state index in [1.54, 1.807) is 6.07 Å². The SMILES string of the molecule is Cc1cc(C)c(-c2ccc3c4ccc(-c5c(C)cc(C)cc5C)cc4n(-c4ccc(-c5nc(-c6ccccc6)nc(-c6ccccc6)n5)c(-c5cccc(C(F)(F)F)c5)c4)c3c2)c(C)c1. The summed E-state index contributed by atoms with van der Waals surface area (Å²) in [4.78, 5) is 15.0. The van der Waals surface area contributed by atoms with Gasteiger partial charge in [0.15, 0.2) is 17.5 Å². The highest BCUT2D eigenvalue weighted by molar-refractivity contribution is 6.11. The third kappa shape index (κ3) is 7.67. The summed E-state index contributed by atoms with van der Waals surface area (Å²) in [6.45, 7) is 12.9. The molecule has 0 N–H and O–H groups in total. The van der Waals surface area contributed by atoms with E-state index in [1.165, 1.54) is 56.6 Å². The van der Waals surface area contributed by atoms with Gasteiger partial charge in [0, 0.05) is 33.2 Å². The van der Waals surface area contributed by atoms with Crippen LogP contribution in [0.25, 0.3) is 95.0 Å². The van der Waals surface area contributed by atoms with Crippen LogP contribution in [0.15, 0.2) is 164 Å². The number of nitrogens with zero attached hydrogens (tertiary/aromatic N) is 4. The molecule has 8 aromatic carbocycles. The highest BCUT2D eigenvalue weighted by atomic mass is 19.4. The van der Waals surface area contributed by atoms with E-state index in [1.807, 2.05) is 78.9 Å². The van der Waals surface area contributed by atoms with Crippen LogP contribution < -0.4 is 0 Å². The Hall–Kier alpha value is -7.64. The van der Waals surface area contributed by atoms with Gasteiger partial charge in [0.1, 0.15) is 0 Å². The van der Waals surface area contributed by atoms with Crippen molar-refractivity contribution in [2.45, 2.75) is 47.7 Å². The fraction of sp³-hybridized carbons (Fsp3) is 0.121. The molecule has 0 aliphatic rings. The van der Waals surface area contributed by atoms with Crippen molar-refractivity contribution in [1.29, 1.82) is 0 Å². The summed E-state index contributed by atoms with van der Waals surface area (Å²) < 4.78 is 45.8. The fourth-order valence-electron chi connectivity index (χ4n) is 9.78. The lowest BCUT2D eigenvalue weighted by Gasteiger charge is -2.17. The molecule has 0 fully saturated rings. The van der Waals surface area contributed by atoms with Gasteiger partial charge in [-0.25, -0.2) is 15.0 Å². The molecule has 10 aromatic rings. The predicted octanol–water partition coefficient (Wildman–Crippen LogP) is 15.8. The van der Waals surface area contributed by atoms with E-state index in [2.05, 4.69) is 107 Å². The van der Waals surface area contributed by atoms with Crippen molar-refractivity contribution < 1.29 is 13.2 Å². The molecule has 0 spiro atoms. The number of halogens is 3. The zero-order valence-corrected chi connectivity index (χ0v) is 37.0. The Morgan fingerprint density at radius 2 is 0.846 bits per heavy atom. The van der Waals surface area contributed by atoms with Gasteiger partial charge in [-0.3, -0.25) is 0 Å². The second kappa shape index (κ2) is 16.2. The summed E-state index contributed by atoms with van der Waals surface area (Å²) >= 11 is 0. The molecule has 0 aliphatic carbocycles. The Labute approximate surface area is 376 Å². The van der Waals surface area contributed by atoms with E-state index >= 15 is 0 Å². The number of fused-ring (bicyclic) bond motifs is 3. The van der Waals surface area contributed by atoms with Gasteiger partial charge in [-0.1, -0.05) is 132 Å². The molecule has 0 saturated carbocycles. The van der Waals surface area contributed by atoms with Gasteiger partial charge in [0.05, 0.1) is 16.6 Å². The number of benzene rings is 8. The van der Waals surface area contributed by atoms with Gasteiger partial charge in [0.25, 0.3) is 0 Å². The Kier molecular flexibility index (Phi) is 10.3. The molecule has 0 unspecified atom stereocenters. The lowest BCUT2D eigenvalue weighted by Crippen LogP contribution is -2.05. The molecule has 0 radical (unpaired) electrons. The van der Waals surface area contributed by atoms with Crippen LogP contribution >= 0.6 is 0 Å². The molecule has 2 heterocycles. The Balaban J connectivity index is 1.28. The minimum Gasteiger partial charge on any atom is -0.309 e. The molecule has 0 bridgehead atoms. The molecular formula is C58H45F3N4. The fourth-order valence-corrected chi connectivity index (χ4v) is 9.78. The number of rotatable bonds is 7. The topological polar surface area (TPSA) is 43.6 Å². The minimum atomic E-state index is -4.56. The quantitative estimate of drug-likeness (QED) is 0.160. The van der Waals surface area contributed by atoms with Gasteiger partial charge < -0.3 is 4.57 Å². The largest absolute Gasteiger partial charge is 0.416 e. The zero-order valence-electron chi connectivity index (χ0n) is 37.0. The molecule has 7 heteroatoms. The third-order valence-electron chi connectivity index (χ3n) is 12.4. The zero-order chi connectivity index (χ0) is 45.1. The lowest BCUT2D eigenvalue weighted by molar-refractivity contribution is -0.137. The summed E-state index contributed by atoms with van der Waals surface area (Å²) in [6, 6.07) is 53.0. The Morgan fingerprint density at radius 3 is 1.32 bits per heavy atom. The monoisotopic (exact) mass is 854 g/mol. The minimum absolute atomic E-state index is 0.346. The summed E-state index contributed by atoms with van der Waals surface area (Å²) in [5, 5.41) is 2.13. The van der Waals surface area contributed by atoms with Crippen molar-refractivity contribution in [2.24, 2.45) is 0 Å². The molecule has 2 aromatic heterocycles. The molecule has 0 aliphatic heterocycles. The van der Waals surface area contributed by atoms with Gasteiger partial charge >= 0.3 is 6.18 Å². The van der Waals surface area contributed by atoms with Gasteiger partial charge in [-0.15, -0.1) is 0 Å². The van der Waals surface area contributed by atoms with Crippen molar-refractivity contribution in [1.82, 2.24) is 19.5 Å². The number of alkyl halides is 3. The normalized spacial score (nSPS) is 11.8. The molecule has 0 amide bonds. The number of hydrogen-bond donors (Lipinski definition) is 0. The first-order valence-electron chi connectivity index (χ1n) is 21.7. The van der Waals surface area contributed by atoms with Crippen LogP contribution in [0.2, 0.25) is 0 Å². The van der Waals surface area contributed by atoms with E-state index in [-0.39, 0.29) is 0 Å². The van der Waals surface area contributed by atoms with E-state index in [0.29, 0.717) is 34.2 Å². The lowest BCUT2D eigenvalue weighted by atomic mass is 9.92. The second-order valence-electron chi connectivity index (χ2n) is 17.2. The smallest absolute Gasteiger partial charge is 0.309 e. The molecule has 0 saturated heterocycles. The molecule has 4 nitrogen and oxygen atoms in total. The average Bonchev–Trinajstić information content (AvgIpc) is 3.61. The summed E-state index contributed by atoms with van der Waals surface area (Å²) in [5.74, 6) is 1.26. The number of aryl methyl sites for hydroxylation is 6. The van der Waals surface area contributed by atoms with E-state index in [0.717, 1.165) is 55.8 Å². The standard InChI is InChI=1S/C58H45F3N4/c1-34-26-36(3)53(37(4)27-34)43-20-23-47-48-24-21-44(54-38(5)28-35(2)29-39(54)6)32-52(48)65(51(47)31-43)46-22-25-49(50(33-46)42-18-13-19-45(30-42)58(59,60)61)57-63-55(40-14-9-7-10-15-40)62-56(64-57)41-16-11-8-12-17-41/h7-33H,1-6H3. The predicted molar refractivity (Wildman–Crippen MR) is 260 cm³/mol. The molecule has 318 valence electrons. The highest BCUT2D eigenvalue weighted by Crippen LogP contribution is 2.42. The van der Waals surface area contributed by atoms with Crippen molar-refractivity contribution in [2.75, 3.05) is 0 Å². The third-order valence-corrected chi connectivity index (χ3v) is 12.4. The van der Waals surface area contributed by atoms with E-state index in [4.69, 9.17) is 15.0 Å². The highest BCUT2D eigenvalue weighted by Gasteiger charge is 2.31. The van der Waals surface area contributed by atoms with Crippen molar-refractivity contribution in [3.8, 4) is 73.2 Å². The van der Waals surface area contributed by atoms with Crippen LogP contribution in [-0.2, 0) is 6.18 Å². The molecule has 0 atom stereocenters. The summed E-state index contributed by atoms with van der Waals surface area (Å²) in [5.41, 5.74) is 16.8. The van der Waals surface area contributed by atoms with Crippen molar-refractivity contribution in [3.05, 3.63) is 203 Å². The number of hydrogen-bond acceptors (Lipinski definition) is 3. The second-order valence-corrected chi connectivity index (χ2v) is 17.2. The number of aromatic nitrogens is 4. The summed E-state index contributed by atoms with van der Waals surface area (Å²) in [7, 11) is 0. The average molecular weight is 855 g/mol. The van der Waals surface area contributed by atoms with Crippen molar-refractivity contribution >= 4 is 21.8 Å². The first-order valence-corrected chi connectivity index (χ1v) is 21.7. The molecule has 10 rings (SSSR count).